The van der Waals surface area contributed by atoms with E-state index in [1.54, 1.807) is 14.2 Å². The molecule has 1 N–H and O–H groups in total. The van der Waals surface area contributed by atoms with Crippen LogP contribution in [-0.4, -0.2) is 33.8 Å². The lowest BCUT2D eigenvalue weighted by Crippen LogP contribution is -2.26. The Labute approximate surface area is 209 Å². The maximum absolute atomic E-state index is 5.60. The number of nitrogens with one attached hydrogen (secondary N) is 1. The van der Waals surface area contributed by atoms with Crippen LogP contribution in [0.5, 0.6) is 11.5 Å². The maximum Gasteiger partial charge on any atom is 0.161 e. The molecule has 0 spiro atoms. The van der Waals surface area contributed by atoms with Crippen molar-refractivity contribution in [1.82, 2.24) is 19.6 Å². The molecular weight excluding hydrogens is 450 g/mol. The zero-order valence-corrected chi connectivity index (χ0v) is 20.7. The van der Waals surface area contributed by atoms with Crippen LogP contribution in [0, 0.1) is 13.8 Å². The molecule has 3 aromatic carbocycles. The first-order chi connectivity index (χ1) is 17.6. The van der Waals surface area contributed by atoms with Crippen molar-refractivity contribution in [2.75, 3.05) is 19.5 Å². The smallest absolute Gasteiger partial charge is 0.161 e. The van der Waals surface area contributed by atoms with Gasteiger partial charge in [-0.3, -0.25) is 0 Å². The highest BCUT2D eigenvalue weighted by molar-refractivity contribution is 5.80. The first-order valence-electron chi connectivity index (χ1n) is 11.9. The molecule has 0 saturated heterocycles. The molecule has 1 aliphatic rings. The third-order valence-electron chi connectivity index (χ3n) is 6.56. The number of para-hydroxylation sites is 1. The molecule has 0 bridgehead atoms. The van der Waals surface area contributed by atoms with Crippen molar-refractivity contribution < 1.29 is 9.47 Å². The number of hydrogen-bond acceptors (Lipinski definition) is 5. The summed E-state index contributed by atoms with van der Waals surface area (Å²) in [6, 6.07) is 24.6. The van der Waals surface area contributed by atoms with Crippen molar-refractivity contribution in [3.05, 3.63) is 95.8 Å². The zero-order chi connectivity index (χ0) is 24.8. The van der Waals surface area contributed by atoms with E-state index in [2.05, 4.69) is 47.4 Å². The number of fused-ring (bicyclic) bond motifs is 3. The number of methoxy groups -OCH3 is 2. The van der Waals surface area contributed by atoms with Crippen molar-refractivity contribution >= 4 is 5.69 Å². The maximum atomic E-state index is 5.60. The van der Waals surface area contributed by atoms with Gasteiger partial charge in [-0.05, 0) is 62.4 Å². The summed E-state index contributed by atoms with van der Waals surface area (Å²) in [5, 5.41) is 13.7. The van der Waals surface area contributed by atoms with Crippen molar-refractivity contribution in [1.29, 1.82) is 0 Å². The summed E-state index contributed by atoms with van der Waals surface area (Å²) in [7, 11) is 3.28. The summed E-state index contributed by atoms with van der Waals surface area (Å²) in [6.45, 7) is 4.14. The lowest BCUT2D eigenvalue weighted by Gasteiger charge is -2.29. The predicted molar refractivity (Wildman–Crippen MR) is 141 cm³/mol. The number of aromatic nitrogens is 4. The molecule has 180 valence electrons. The highest BCUT2D eigenvalue weighted by Gasteiger charge is 2.30. The third kappa shape index (κ3) is 3.60. The summed E-state index contributed by atoms with van der Waals surface area (Å²) < 4.78 is 15.1. The van der Waals surface area contributed by atoms with Crippen LogP contribution >= 0.6 is 0 Å². The Balaban J connectivity index is 1.56. The molecular formula is C29H27N5O2. The Morgan fingerprint density at radius 1 is 0.833 bits per heavy atom. The minimum atomic E-state index is -0.246. The molecule has 36 heavy (non-hydrogen) atoms. The van der Waals surface area contributed by atoms with Crippen LogP contribution in [0.15, 0.2) is 79.0 Å². The fourth-order valence-electron chi connectivity index (χ4n) is 4.84. The molecule has 0 saturated carbocycles. The van der Waals surface area contributed by atoms with Crippen LogP contribution in [0.25, 0.3) is 28.2 Å². The van der Waals surface area contributed by atoms with Gasteiger partial charge in [-0.15, -0.1) is 0 Å². The third-order valence-corrected chi connectivity index (χ3v) is 6.56. The molecule has 0 aliphatic carbocycles. The van der Waals surface area contributed by atoms with Gasteiger partial charge in [0.15, 0.2) is 17.7 Å². The van der Waals surface area contributed by atoms with Gasteiger partial charge in [-0.25, -0.2) is 9.36 Å². The summed E-state index contributed by atoms with van der Waals surface area (Å²) in [5.74, 6) is 1.33. The predicted octanol–water partition coefficient (Wildman–Crippen LogP) is 6.01. The van der Waals surface area contributed by atoms with Crippen LogP contribution in [0.2, 0.25) is 0 Å². The van der Waals surface area contributed by atoms with Crippen LogP contribution in [0.4, 0.5) is 5.69 Å². The van der Waals surface area contributed by atoms with Gasteiger partial charge >= 0.3 is 0 Å². The Hall–Kier alpha value is -4.52. The van der Waals surface area contributed by atoms with Gasteiger partial charge in [-0.2, -0.15) is 10.2 Å². The Morgan fingerprint density at radius 3 is 2.42 bits per heavy atom. The minimum Gasteiger partial charge on any atom is -0.493 e. The average molecular weight is 478 g/mol. The van der Waals surface area contributed by atoms with Crippen molar-refractivity contribution in [3.63, 3.8) is 0 Å². The van der Waals surface area contributed by atoms with E-state index in [0.29, 0.717) is 11.5 Å². The number of anilines is 1. The van der Waals surface area contributed by atoms with Gasteiger partial charge in [0.05, 0.1) is 31.3 Å². The molecule has 3 heterocycles. The Bertz CT molecular complexity index is 1570. The van der Waals surface area contributed by atoms with Gasteiger partial charge in [0.1, 0.15) is 5.69 Å². The van der Waals surface area contributed by atoms with Crippen molar-refractivity contribution in [2.24, 2.45) is 0 Å². The number of hydrogen-bond donors (Lipinski definition) is 1. The monoisotopic (exact) mass is 477 g/mol. The van der Waals surface area contributed by atoms with Crippen molar-refractivity contribution in [3.8, 4) is 39.7 Å². The number of nitrogens with zero attached hydrogens (tertiary/aromatic N) is 4. The van der Waals surface area contributed by atoms with E-state index in [1.807, 2.05) is 60.1 Å². The zero-order valence-electron chi connectivity index (χ0n) is 20.7. The second kappa shape index (κ2) is 8.61. The van der Waals surface area contributed by atoms with Gasteiger partial charge in [-0.1, -0.05) is 29.8 Å². The molecule has 2 aromatic heterocycles. The summed E-state index contributed by atoms with van der Waals surface area (Å²) >= 11 is 0. The second-order valence-electron chi connectivity index (χ2n) is 8.99. The first-order valence-corrected chi connectivity index (χ1v) is 11.9. The topological polar surface area (TPSA) is 66.1 Å². The number of ether oxygens (including phenoxy) is 2. The highest BCUT2D eigenvalue weighted by atomic mass is 16.5. The molecule has 6 rings (SSSR count). The quantitative estimate of drug-likeness (QED) is 0.336. The average Bonchev–Trinajstić information content (AvgIpc) is 3.52. The Kier molecular flexibility index (Phi) is 5.25. The summed E-state index contributed by atoms with van der Waals surface area (Å²) in [4.78, 5) is 0. The molecule has 1 atom stereocenters. The molecule has 7 nitrogen and oxygen atoms in total. The molecule has 0 radical (unpaired) electrons. The van der Waals surface area contributed by atoms with Gasteiger partial charge in [0, 0.05) is 28.6 Å². The molecule has 0 fully saturated rings. The Morgan fingerprint density at radius 2 is 1.64 bits per heavy atom. The molecule has 1 aliphatic heterocycles. The fourth-order valence-corrected chi connectivity index (χ4v) is 4.84. The molecule has 0 amide bonds. The largest absolute Gasteiger partial charge is 0.493 e. The van der Waals surface area contributed by atoms with Gasteiger partial charge in [0.2, 0.25) is 0 Å². The number of aryl methyl sites for hydroxylation is 2. The van der Waals surface area contributed by atoms with Crippen LogP contribution in [0.3, 0.4) is 0 Å². The summed E-state index contributed by atoms with van der Waals surface area (Å²) in [5.41, 5.74) is 9.23. The second-order valence-corrected chi connectivity index (χ2v) is 8.99. The number of benzene rings is 3. The van der Waals surface area contributed by atoms with Gasteiger partial charge < -0.3 is 14.8 Å². The lowest BCUT2D eigenvalue weighted by molar-refractivity contribution is 0.355. The molecule has 7 heteroatoms. The van der Waals surface area contributed by atoms with E-state index in [-0.39, 0.29) is 6.17 Å². The van der Waals surface area contributed by atoms with E-state index < -0.39 is 0 Å². The first kappa shape index (κ1) is 22.0. The van der Waals surface area contributed by atoms with Crippen LogP contribution in [0.1, 0.15) is 23.0 Å². The van der Waals surface area contributed by atoms with Crippen molar-refractivity contribution in [2.45, 2.75) is 20.0 Å². The van der Waals surface area contributed by atoms with E-state index in [1.165, 1.54) is 5.56 Å². The lowest BCUT2D eigenvalue weighted by atomic mass is 10.0. The van der Waals surface area contributed by atoms with E-state index in [0.717, 1.165) is 45.1 Å². The number of rotatable bonds is 5. The minimum absolute atomic E-state index is 0.246. The van der Waals surface area contributed by atoms with E-state index >= 15 is 0 Å². The molecule has 1 unspecified atom stereocenters. The normalized spacial score (nSPS) is 14.1. The van der Waals surface area contributed by atoms with E-state index in [4.69, 9.17) is 19.7 Å². The van der Waals surface area contributed by atoms with E-state index in [9.17, 15) is 0 Å². The van der Waals surface area contributed by atoms with Crippen LogP contribution < -0.4 is 14.8 Å². The fraction of sp³-hybridized carbons (Fsp3) is 0.172. The summed E-state index contributed by atoms with van der Waals surface area (Å²) in [6.07, 6.45) is 1.84. The van der Waals surface area contributed by atoms with Gasteiger partial charge in [0.25, 0.3) is 0 Å². The standard InChI is InChI=1S/C29H27N5O2/c1-18-10-12-24-22(14-18)25-15-19(2)31-34(25)29(30-24)23-17-33(21-8-6-5-7-9-21)32-28(23)20-11-13-26(35-3)27(16-20)36-4/h5-17,29-30H,1-4H3. The molecule has 5 aromatic rings. The highest BCUT2D eigenvalue weighted by Crippen LogP contribution is 2.42. The van der Waals surface area contributed by atoms with Crippen LogP contribution in [-0.2, 0) is 0 Å². The SMILES string of the molecule is COc1ccc(-c2nn(-c3ccccc3)cc2C2Nc3ccc(C)cc3-c3cc(C)nn32)cc1OC.